The zero-order chi connectivity index (χ0) is 9.03. The maximum atomic E-state index is 2.45. The van der Waals surface area contributed by atoms with Crippen LogP contribution >= 0.6 is 0 Å². The van der Waals surface area contributed by atoms with Crippen LogP contribution in [0.3, 0.4) is 0 Å². The lowest BCUT2D eigenvalue weighted by atomic mass is 10.0. The summed E-state index contributed by atoms with van der Waals surface area (Å²) >= 11 is 0. The first-order chi connectivity index (χ1) is 5.58. The van der Waals surface area contributed by atoms with E-state index in [4.69, 9.17) is 0 Å². The van der Waals surface area contributed by atoms with Gasteiger partial charge >= 0.3 is 0 Å². The summed E-state index contributed by atoms with van der Waals surface area (Å²) in [6.45, 7) is 7.35. The van der Waals surface area contributed by atoms with Crippen LogP contribution in [0, 0.1) is 0 Å². The summed E-state index contributed by atoms with van der Waals surface area (Å²) in [5, 5.41) is 0. The van der Waals surface area contributed by atoms with E-state index in [1.807, 2.05) is 0 Å². The molecule has 1 aliphatic carbocycles. The molecule has 0 radical (unpaired) electrons. The van der Waals surface area contributed by atoms with E-state index in [2.05, 4.69) is 37.9 Å². The summed E-state index contributed by atoms with van der Waals surface area (Å²) in [7, 11) is -0.806. The van der Waals surface area contributed by atoms with Crippen molar-refractivity contribution in [2.75, 3.05) is 0 Å². The highest BCUT2D eigenvalue weighted by molar-refractivity contribution is 6.76. The highest BCUT2D eigenvalue weighted by atomic mass is 28.3. The van der Waals surface area contributed by atoms with Crippen LogP contribution in [0.15, 0.2) is 23.8 Å². The van der Waals surface area contributed by atoms with E-state index in [-0.39, 0.29) is 0 Å². The highest BCUT2D eigenvalue weighted by Gasteiger charge is 2.13. The summed E-state index contributed by atoms with van der Waals surface area (Å²) in [5.74, 6) is 0. The van der Waals surface area contributed by atoms with Crippen molar-refractivity contribution < 1.29 is 0 Å². The molecule has 0 atom stereocenters. The molecule has 12 heavy (non-hydrogen) atoms. The van der Waals surface area contributed by atoms with Crippen LogP contribution in [0.5, 0.6) is 0 Å². The lowest BCUT2D eigenvalue weighted by Crippen LogP contribution is -2.19. The lowest BCUT2D eigenvalue weighted by molar-refractivity contribution is 0.886. The minimum absolute atomic E-state index is 0.806. The smallest absolute Gasteiger partial charge is 0.0445 e. The van der Waals surface area contributed by atoms with Gasteiger partial charge in [0.2, 0.25) is 0 Å². The molecule has 0 heterocycles. The van der Waals surface area contributed by atoms with Gasteiger partial charge in [0.05, 0.1) is 0 Å². The molecular weight excluding hydrogens is 160 g/mol. The Morgan fingerprint density at radius 1 is 1.33 bits per heavy atom. The SMILES string of the molecule is C[Si](C)(C)CCC1=CC=CCC1. The average molecular weight is 180 g/mol. The molecule has 0 fully saturated rings. The monoisotopic (exact) mass is 180 g/mol. The molecule has 1 heteroatoms. The topological polar surface area (TPSA) is 0 Å². The van der Waals surface area contributed by atoms with Crippen LogP contribution in [0.25, 0.3) is 0 Å². The Hall–Kier alpha value is -0.303. The van der Waals surface area contributed by atoms with Crippen molar-refractivity contribution in [1.29, 1.82) is 0 Å². The van der Waals surface area contributed by atoms with Gasteiger partial charge in [-0.05, 0) is 19.3 Å². The molecule has 0 bridgehead atoms. The fourth-order valence-electron chi connectivity index (χ4n) is 1.40. The number of allylic oxidation sites excluding steroid dienone is 4. The van der Waals surface area contributed by atoms with Crippen molar-refractivity contribution >= 4 is 8.07 Å². The Balaban J connectivity index is 2.32. The van der Waals surface area contributed by atoms with Gasteiger partial charge in [-0.25, -0.2) is 0 Å². The van der Waals surface area contributed by atoms with Crippen molar-refractivity contribution in [2.45, 2.75) is 44.9 Å². The van der Waals surface area contributed by atoms with Gasteiger partial charge in [-0.15, -0.1) is 0 Å². The van der Waals surface area contributed by atoms with E-state index >= 15 is 0 Å². The predicted octanol–water partition coefficient (Wildman–Crippen LogP) is 3.99. The lowest BCUT2D eigenvalue weighted by Gasteiger charge is -2.17. The van der Waals surface area contributed by atoms with Crippen LogP contribution in [0.1, 0.15) is 19.3 Å². The van der Waals surface area contributed by atoms with Gasteiger partial charge in [-0.1, -0.05) is 49.5 Å². The average Bonchev–Trinajstić information content (AvgIpc) is 2.02. The number of hydrogen-bond donors (Lipinski definition) is 0. The highest BCUT2D eigenvalue weighted by Crippen LogP contribution is 2.21. The predicted molar refractivity (Wildman–Crippen MR) is 59.2 cm³/mol. The van der Waals surface area contributed by atoms with Crippen molar-refractivity contribution in [3.63, 3.8) is 0 Å². The fraction of sp³-hybridized carbons (Fsp3) is 0.636. The summed E-state index contributed by atoms with van der Waals surface area (Å²) in [6, 6.07) is 1.45. The zero-order valence-electron chi connectivity index (χ0n) is 8.56. The summed E-state index contributed by atoms with van der Waals surface area (Å²) < 4.78 is 0. The summed E-state index contributed by atoms with van der Waals surface area (Å²) in [5.41, 5.74) is 1.67. The first kappa shape index (κ1) is 9.78. The van der Waals surface area contributed by atoms with Crippen LogP contribution in [0.2, 0.25) is 25.7 Å². The van der Waals surface area contributed by atoms with E-state index in [1.165, 1.54) is 25.3 Å². The molecule has 68 valence electrons. The molecule has 1 aliphatic rings. The van der Waals surface area contributed by atoms with Crippen molar-refractivity contribution in [3.8, 4) is 0 Å². The third kappa shape index (κ3) is 3.91. The molecule has 1 rings (SSSR count). The van der Waals surface area contributed by atoms with E-state index in [9.17, 15) is 0 Å². The minimum Gasteiger partial charge on any atom is -0.0842 e. The summed E-state index contributed by atoms with van der Waals surface area (Å²) in [6.07, 6.45) is 10.7. The Kier molecular flexibility index (Phi) is 3.33. The van der Waals surface area contributed by atoms with Crippen LogP contribution < -0.4 is 0 Å². The Morgan fingerprint density at radius 2 is 2.08 bits per heavy atom. The Labute approximate surface area is 77.4 Å². The molecule has 0 amide bonds. The van der Waals surface area contributed by atoms with Gasteiger partial charge in [-0.2, -0.15) is 0 Å². The normalized spacial score (nSPS) is 17.8. The van der Waals surface area contributed by atoms with Gasteiger partial charge in [0, 0.05) is 8.07 Å². The molecule has 0 unspecified atom stereocenters. The quantitative estimate of drug-likeness (QED) is 0.576. The van der Waals surface area contributed by atoms with Crippen LogP contribution in [-0.2, 0) is 0 Å². The van der Waals surface area contributed by atoms with Gasteiger partial charge < -0.3 is 0 Å². The van der Waals surface area contributed by atoms with Gasteiger partial charge in [0.25, 0.3) is 0 Å². The van der Waals surface area contributed by atoms with Gasteiger partial charge in [0.1, 0.15) is 0 Å². The first-order valence-electron chi connectivity index (χ1n) is 4.92. The first-order valence-corrected chi connectivity index (χ1v) is 8.63. The fourth-order valence-corrected chi connectivity index (χ4v) is 2.47. The summed E-state index contributed by atoms with van der Waals surface area (Å²) in [4.78, 5) is 0. The van der Waals surface area contributed by atoms with Crippen LogP contribution in [-0.4, -0.2) is 8.07 Å². The van der Waals surface area contributed by atoms with Crippen molar-refractivity contribution in [2.24, 2.45) is 0 Å². The third-order valence-electron chi connectivity index (χ3n) is 2.30. The van der Waals surface area contributed by atoms with E-state index in [0.717, 1.165) is 0 Å². The second-order valence-corrected chi connectivity index (χ2v) is 10.5. The molecule has 0 spiro atoms. The molecule has 0 aromatic rings. The molecule has 0 aromatic heterocycles. The zero-order valence-corrected chi connectivity index (χ0v) is 9.56. The molecular formula is C11H20Si. The van der Waals surface area contributed by atoms with Gasteiger partial charge in [0.15, 0.2) is 0 Å². The molecule has 0 N–H and O–H groups in total. The van der Waals surface area contributed by atoms with Crippen LogP contribution in [0.4, 0.5) is 0 Å². The minimum atomic E-state index is -0.806. The molecule has 0 saturated heterocycles. The van der Waals surface area contributed by atoms with E-state index < -0.39 is 8.07 Å². The molecule has 0 aromatic carbocycles. The second kappa shape index (κ2) is 4.08. The molecule has 0 saturated carbocycles. The number of hydrogen-bond acceptors (Lipinski definition) is 0. The molecule has 0 aliphatic heterocycles. The maximum absolute atomic E-state index is 2.45. The van der Waals surface area contributed by atoms with Crippen molar-refractivity contribution in [1.82, 2.24) is 0 Å². The number of rotatable bonds is 3. The second-order valence-electron chi connectivity index (χ2n) is 4.85. The largest absolute Gasteiger partial charge is 0.0842 e. The third-order valence-corrected chi connectivity index (χ3v) is 4.05. The maximum Gasteiger partial charge on any atom is 0.0445 e. The van der Waals surface area contributed by atoms with Crippen molar-refractivity contribution in [3.05, 3.63) is 23.8 Å². The standard InChI is InChI=1S/C11H20Si/c1-12(2,3)10-9-11-7-5-4-6-8-11/h4-5,7H,6,8-10H2,1-3H3. The van der Waals surface area contributed by atoms with E-state index in [0.29, 0.717) is 0 Å². The van der Waals surface area contributed by atoms with Gasteiger partial charge in [-0.3, -0.25) is 0 Å². The Bertz CT molecular complexity index is 194. The van der Waals surface area contributed by atoms with E-state index in [1.54, 1.807) is 5.57 Å². The Morgan fingerprint density at radius 3 is 2.58 bits per heavy atom. The molecule has 0 nitrogen and oxygen atoms in total.